The Morgan fingerprint density at radius 2 is 1.75 bits per heavy atom. The summed E-state index contributed by atoms with van der Waals surface area (Å²) in [5.74, 6) is -1.03. The fourth-order valence-electron chi connectivity index (χ4n) is 2.68. The molecule has 2 N–H and O–H groups in total. The summed E-state index contributed by atoms with van der Waals surface area (Å²) in [6, 6.07) is 8.44. The van der Waals surface area contributed by atoms with Gasteiger partial charge in [-0.1, -0.05) is 25.5 Å². The van der Waals surface area contributed by atoms with Crippen molar-refractivity contribution in [2.24, 2.45) is 0 Å². The lowest BCUT2D eigenvalue weighted by Gasteiger charge is -2.16. The number of carbonyl (C=O) groups is 2. The number of ketones is 1. The van der Waals surface area contributed by atoms with Crippen LogP contribution in [0.4, 0.5) is 0 Å². The first kappa shape index (κ1) is 18.4. The molecular formula is C19H19IO4. The fourth-order valence-corrected chi connectivity index (χ4v) is 3.51. The number of aromatic hydroxyl groups is 1. The summed E-state index contributed by atoms with van der Waals surface area (Å²) in [5.41, 5.74) is 3.36. The highest BCUT2D eigenvalue weighted by molar-refractivity contribution is 14.1. The number of hydrogen-bond acceptors (Lipinski definition) is 3. The van der Waals surface area contributed by atoms with Crippen molar-refractivity contribution in [2.75, 3.05) is 0 Å². The number of halogens is 1. The predicted molar refractivity (Wildman–Crippen MR) is 101 cm³/mol. The number of hydrogen-bond donors (Lipinski definition) is 2. The molecule has 0 bridgehead atoms. The second-order valence-electron chi connectivity index (χ2n) is 5.70. The Hall–Kier alpha value is -1.89. The highest BCUT2D eigenvalue weighted by atomic mass is 127. The molecule has 126 valence electrons. The average molecular weight is 438 g/mol. The molecule has 0 atom stereocenters. The minimum absolute atomic E-state index is 0.0712. The van der Waals surface area contributed by atoms with Gasteiger partial charge in [0.2, 0.25) is 0 Å². The van der Waals surface area contributed by atoms with Crippen molar-refractivity contribution in [1.82, 2.24) is 0 Å². The molecule has 5 heteroatoms. The van der Waals surface area contributed by atoms with Gasteiger partial charge in [0.05, 0.1) is 11.1 Å². The van der Waals surface area contributed by atoms with Gasteiger partial charge in [0.1, 0.15) is 5.75 Å². The first-order chi connectivity index (χ1) is 11.3. The van der Waals surface area contributed by atoms with Gasteiger partial charge in [-0.3, -0.25) is 4.79 Å². The van der Waals surface area contributed by atoms with Crippen LogP contribution in [-0.2, 0) is 12.8 Å². The quantitative estimate of drug-likeness (QED) is 0.517. The smallest absolute Gasteiger partial charge is 0.335 e. The molecule has 2 aromatic carbocycles. The molecule has 0 radical (unpaired) electrons. The van der Waals surface area contributed by atoms with E-state index in [4.69, 9.17) is 5.11 Å². The number of carboxylic acid groups (broad SMARTS) is 1. The van der Waals surface area contributed by atoms with Gasteiger partial charge in [0.15, 0.2) is 5.78 Å². The molecule has 0 saturated carbocycles. The topological polar surface area (TPSA) is 74.6 Å². The van der Waals surface area contributed by atoms with E-state index in [1.165, 1.54) is 6.92 Å². The second kappa shape index (κ2) is 7.79. The van der Waals surface area contributed by atoms with E-state index in [0.29, 0.717) is 18.4 Å². The fraction of sp³-hybridized carbons (Fsp3) is 0.263. The molecular weight excluding hydrogens is 419 g/mol. The van der Waals surface area contributed by atoms with E-state index >= 15 is 0 Å². The highest BCUT2D eigenvalue weighted by Gasteiger charge is 2.18. The standard InChI is InChI=1S/C19H19IO4/c1-3-4-14-16(17(20)10-15(11(2)21)18(14)22)9-12-5-7-13(8-6-12)19(23)24/h5-8,10,22H,3-4,9H2,1-2H3,(H,23,24). The predicted octanol–water partition coefficient (Wildman–Crippen LogP) is 4.44. The average Bonchev–Trinajstić information content (AvgIpc) is 2.54. The second-order valence-corrected chi connectivity index (χ2v) is 6.86. The lowest BCUT2D eigenvalue weighted by Crippen LogP contribution is -2.05. The van der Waals surface area contributed by atoms with E-state index in [9.17, 15) is 14.7 Å². The molecule has 2 aromatic rings. The summed E-state index contributed by atoms with van der Waals surface area (Å²) >= 11 is 2.19. The van der Waals surface area contributed by atoms with E-state index in [-0.39, 0.29) is 17.1 Å². The van der Waals surface area contributed by atoms with Crippen molar-refractivity contribution in [3.05, 3.63) is 61.7 Å². The number of benzene rings is 2. The minimum atomic E-state index is -0.953. The maximum Gasteiger partial charge on any atom is 0.335 e. The SMILES string of the molecule is CCCc1c(O)c(C(C)=O)cc(I)c1Cc1ccc(C(=O)O)cc1. The van der Waals surface area contributed by atoms with Crippen molar-refractivity contribution in [3.63, 3.8) is 0 Å². The summed E-state index contributed by atoms with van der Waals surface area (Å²) in [6.07, 6.45) is 2.13. The Labute approximate surface area is 154 Å². The number of carbonyl (C=O) groups excluding carboxylic acids is 1. The van der Waals surface area contributed by atoms with Crippen LogP contribution in [-0.4, -0.2) is 22.0 Å². The summed E-state index contributed by atoms with van der Waals surface area (Å²) in [7, 11) is 0. The Balaban J connectivity index is 2.47. The van der Waals surface area contributed by atoms with Crippen LogP contribution >= 0.6 is 22.6 Å². The third kappa shape index (κ3) is 3.95. The molecule has 0 spiro atoms. The molecule has 0 aliphatic rings. The first-order valence-electron chi connectivity index (χ1n) is 7.71. The van der Waals surface area contributed by atoms with Crippen LogP contribution in [0.1, 0.15) is 57.7 Å². The number of carboxylic acids is 1. The zero-order valence-corrected chi connectivity index (χ0v) is 15.8. The van der Waals surface area contributed by atoms with Crippen LogP contribution in [0.5, 0.6) is 5.75 Å². The molecule has 0 saturated heterocycles. The molecule has 0 aliphatic carbocycles. The van der Waals surface area contributed by atoms with Crippen molar-refractivity contribution in [1.29, 1.82) is 0 Å². The van der Waals surface area contributed by atoms with Gasteiger partial charge in [-0.25, -0.2) is 4.79 Å². The Morgan fingerprint density at radius 3 is 2.25 bits per heavy atom. The van der Waals surface area contributed by atoms with E-state index in [2.05, 4.69) is 22.6 Å². The third-order valence-electron chi connectivity index (χ3n) is 3.93. The Bertz CT molecular complexity index is 779. The summed E-state index contributed by atoms with van der Waals surface area (Å²) in [6.45, 7) is 3.48. The first-order valence-corrected chi connectivity index (χ1v) is 8.79. The van der Waals surface area contributed by atoms with E-state index in [0.717, 1.165) is 26.7 Å². The zero-order valence-electron chi connectivity index (χ0n) is 13.6. The molecule has 4 nitrogen and oxygen atoms in total. The molecule has 0 aliphatic heterocycles. The lowest BCUT2D eigenvalue weighted by molar-refractivity contribution is 0.0696. The molecule has 0 unspecified atom stereocenters. The highest BCUT2D eigenvalue weighted by Crippen LogP contribution is 2.33. The van der Waals surface area contributed by atoms with E-state index < -0.39 is 5.97 Å². The van der Waals surface area contributed by atoms with Gasteiger partial charge >= 0.3 is 5.97 Å². The number of Topliss-reactive ketones (excluding diaryl/α,β-unsaturated/α-hetero) is 1. The molecule has 24 heavy (non-hydrogen) atoms. The van der Waals surface area contributed by atoms with Crippen LogP contribution < -0.4 is 0 Å². The van der Waals surface area contributed by atoms with E-state index in [1.54, 1.807) is 30.3 Å². The zero-order chi connectivity index (χ0) is 17.9. The summed E-state index contributed by atoms with van der Waals surface area (Å²) in [5, 5.41) is 19.5. The molecule has 0 heterocycles. The number of phenolic OH excluding ortho intramolecular Hbond substituents is 1. The monoisotopic (exact) mass is 438 g/mol. The van der Waals surface area contributed by atoms with Crippen molar-refractivity contribution < 1.29 is 19.8 Å². The normalized spacial score (nSPS) is 10.6. The maximum atomic E-state index is 11.7. The molecule has 2 rings (SSSR count). The summed E-state index contributed by atoms with van der Waals surface area (Å²) < 4.78 is 0.932. The van der Waals surface area contributed by atoms with Crippen molar-refractivity contribution >= 4 is 34.3 Å². The van der Waals surface area contributed by atoms with Crippen molar-refractivity contribution in [3.8, 4) is 5.75 Å². The Morgan fingerprint density at radius 1 is 1.12 bits per heavy atom. The number of phenols is 1. The molecule has 0 aromatic heterocycles. The van der Waals surface area contributed by atoms with Gasteiger partial charge in [-0.05, 0) is 77.2 Å². The largest absolute Gasteiger partial charge is 0.507 e. The van der Waals surface area contributed by atoms with Crippen LogP contribution in [0, 0.1) is 3.57 Å². The number of rotatable bonds is 6. The van der Waals surface area contributed by atoms with Crippen LogP contribution in [0.2, 0.25) is 0 Å². The Kier molecular flexibility index (Phi) is 5.99. The van der Waals surface area contributed by atoms with Crippen LogP contribution in [0.25, 0.3) is 0 Å². The lowest BCUT2D eigenvalue weighted by atomic mass is 9.93. The van der Waals surface area contributed by atoms with E-state index in [1.807, 2.05) is 6.92 Å². The van der Waals surface area contributed by atoms with Crippen molar-refractivity contribution in [2.45, 2.75) is 33.1 Å². The molecule has 0 fully saturated rings. The van der Waals surface area contributed by atoms with Gasteiger partial charge in [-0.15, -0.1) is 0 Å². The van der Waals surface area contributed by atoms with Gasteiger partial charge in [0.25, 0.3) is 0 Å². The van der Waals surface area contributed by atoms with Crippen LogP contribution in [0.15, 0.2) is 30.3 Å². The summed E-state index contributed by atoms with van der Waals surface area (Å²) in [4.78, 5) is 22.7. The van der Waals surface area contributed by atoms with Crippen LogP contribution in [0.3, 0.4) is 0 Å². The maximum absolute atomic E-state index is 11.7. The number of aromatic carboxylic acids is 1. The third-order valence-corrected chi connectivity index (χ3v) is 4.89. The minimum Gasteiger partial charge on any atom is -0.507 e. The van der Waals surface area contributed by atoms with Gasteiger partial charge in [-0.2, -0.15) is 0 Å². The van der Waals surface area contributed by atoms with Gasteiger partial charge in [0, 0.05) is 3.57 Å². The molecule has 0 amide bonds. The van der Waals surface area contributed by atoms with Gasteiger partial charge < -0.3 is 10.2 Å².